The first-order chi connectivity index (χ1) is 8.11. The first-order valence-corrected chi connectivity index (χ1v) is 7.08. The second-order valence-corrected chi connectivity index (χ2v) is 6.02. The Labute approximate surface area is 105 Å². The summed E-state index contributed by atoms with van der Waals surface area (Å²) in [5.41, 5.74) is 0. The van der Waals surface area contributed by atoms with E-state index in [-0.39, 0.29) is 5.92 Å². The summed E-state index contributed by atoms with van der Waals surface area (Å²) >= 11 is 0. The van der Waals surface area contributed by atoms with Crippen molar-refractivity contribution < 1.29 is 4.79 Å². The van der Waals surface area contributed by atoms with E-state index in [1.165, 1.54) is 25.7 Å². The zero-order valence-corrected chi connectivity index (χ0v) is 11.4. The summed E-state index contributed by atoms with van der Waals surface area (Å²) in [6, 6.07) is 0.476. The largest absolute Gasteiger partial charge is 0.342 e. The van der Waals surface area contributed by atoms with Crippen LogP contribution in [0.4, 0.5) is 0 Å². The van der Waals surface area contributed by atoms with Gasteiger partial charge in [-0.1, -0.05) is 26.7 Å². The van der Waals surface area contributed by atoms with E-state index in [0.29, 0.717) is 23.8 Å². The standard InChI is InChI=1S/C14H26N2O/c1-10-6-4-5-7-13(10)16(3)14(17)12-9-15-8-11(12)2/h10-13,15H,4-9H2,1-3H3. The molecule has 17 heavy (non-hydrogen) atoms. The van der Waals surface area contributed by atoms with Crippen LogP contribution in [-0.2, 0) is 4.79 Å². The number of nitrogens with zero attached hydrogens (tertiary/aromatic N) is 1. The Morgan fingerprint density at radius 2 is 1.82 bits per heavy atom. The second-order valence-electron chi connectivity index (χ2n) is 6.02. The molecule has 4 unspecified atom stereocenters. The van der Waals surface area contributed by atoms with Crippen molar-refractivity contribution in [3.63, 3.8) is 0 Å². The van der Waals surface area contributed by atoms with E-state index < -0.39 is 0 Å². The first-order valence-electron chi connectivity index (χ1n) is 7.08. The number of rotatable bonds is 2. The van der Waals surface area contributed by atoms with E-state index >= 15 is 0 Å². The maximum Gasteiger partial charge on any atom is 0.227 e. The first kappa shape index (κ1) is 12.9. The SMILES string of the molecule is CC1CNCC1C(=O)N(C)C1CCCCC1C. The van der Waals surface area contributed by atoms with Gasteiger partial charge in [0.25, 0.3) is 0 Å². The summed E-state index contributed by atoms with van der Waals surface area (Å²) in [5, 5.41) is 3.32. The van der Waals surface area contributed by atoms with Crippen molar-refractivity contribution in [2.24, 2.45) is 17.8 Å². The fourth-order valence-electron chi connectivity index (χ4n) is 3.44. The highest BCUT2D eigenvalue weighted by atomic mass is 16.2. The molecule has 1 heterocycles. The van der Waals surface area contributed by atoms with Crippen LogP contribution in [0.5, 0.6) is 0 Å². The normalized spacial score (nSPS) is 38.1. The molecule has 1 aliphatic carbocycles. The molecule has 4 atom stereocenters. The molecule has 3 heteroatoms. The summed E-state index contributed by atoms with van der Waals surface area (Å²) in [7, 11) is 2.01. The van der Waals surface area contributed by atoms with Crippen LogP contribution in [0.1, 0.15) is 39.5 Å². The minimum Gasteiger partial charge on any atom is -0.342 e. The molecule has 0 radical (unpaired) electrons. The summed E-state index contributed by atoms with van der Waals surface area (Å²) < 4.78 is 0. The third-order valence-electron chi connectivity index (χ3n) is 4.75. The lowest BCUT2D eigenvalue weighted by atomic mass is 9.84. The quantitative estimate of drug-likeness (QED) is 0.796. The summed E-state index contributed by atoms with van der Waals surface area (Å²) in [6.45, 7) is 6.33. The van der Waals surface area contributed by atoms with Crippen molar-refractivity contribution in [2.45, 2.75) is 45.6 Å². The molecule has 0 aromatic heterocycles. The molecule has 2 aliphatic rings. The minimum absolute atomic E-state index is 0.203. The molecule has 1 saturated carbocycles. The lowest BCUT2D eigenvalue weighted by Gasteiger charge is -2.37. The van der Waals surface area contributed by atoms with E-state index in [4.69, 9.17) is 0 Å². The van der Waals surface area contributed by atoms with E-state index in [1.54, 1.807) is 0 Å². The molecule has 2 rings (SSSR count). The predicted molar refractivity (Wildman–Crippen MR) is 69.7 cm³/mol. The third kappa shape index (κ3) is 2.65. The molecule has 1 N–H and O–H groups in total. The number of hydrogen-bond acceptors (Lipinski definition) is 2. The van der Waals surface area contributed by atoms with Crippen molar-refractivity contribution in [1.82, 2.24) is 10.2 Å². The van der Waals surface area contributed by atoms with Gasteiger partial charge in [0.2, 0.25) is 5.91 Å². The van der Waals surface area contributed by atoms with Crippen molar-refractivity contribution in [3.8, 4) is 0 Å². The van der Waals surface area contributed by atoms with E-state index in [0.717, 1.165) is 13.1 Å². The monoisotopic (exact) mass is 238 g/mol. The van der Waals surface area contributed by atoms with Crippen molar-refractivity contribution >= 4 is 5.91 Å². The third-order valence-corrected chi connectivity index (χ3v) is 4.75. The van der Waals surface area contributed by atoms with Gasteiger partial charge in [-0.25, -0.2) is 0 Å². The van der Waals surface area contributed by atoms with Crippen LogP contribution in [-0.4, -0.2) is 37.0 Å². The maximum atomic E-state index is 12.5. The van der Waals surface area contributed by atoms with Gasteiger partial charge in [-0.15, -0.1) is 0 Å². The van der Waals surface area contributed by atoms with Gasteiger partial charge >= 0.3 is 0 Å². The number of carbonyl (C=O) groups excluding carboxylic acids is 1. The molecule has 2 fully saturated rings. The highest BCUT2D eigenvalue weighted by molar-refractivity contribution is 5.79. The fourth-order valence-corrected chi connectivity index (χ4v) is 3.44. The van der Waals surface area contributed by atoms with Crippen LogP contribution in [0, 0.1) is 17.8 Å². The van der Waals surface area contributed by atoms with Crippen LogP contribution in [0.25, 0.3) is 0 Å². The van der Waals surface area contributed by atoms with E-state index in [2.05, 4.69) is 24.1 Å². The Morgan fingerprint density at radius 1 is 1.12 bits per heavy atom. The molecule has 1 aliphatic heterocycles. The van der Waals surface area contributed by atoms with Crippen molar-refractivity contribution in [1.29, 1.82) is 0 Å². The van der Waals surface area contributed by atoms with Gasteiger partial charge in [-0.2, -0.15) is 0 Å². The van der Waals surface area contributed by atoms with Gasteiger partial charge in [-0.05, 0) is 31.2 Å². The molecule has 1 saturated heterocycles. The molecular formula is C14H26N2O. The molecular weight excluding hydrogens is 212 g/mol. The number of hydrogen-bond donors (Lipinski definition) is 1. The van der Waals surface area contributed by atoms with Crippen LogP contribution in [0.2, 0.25) is 0 Å². The molecule has 3 nitrogen and oxygen atoms in total. The summed E-state index contributed by atoms with van der Waals surface area (Å²) in [5.74, 6) is 1.72. The lowest BCUT2D eigenvalue weighted by molar-refractivity contribution is -0.138. The Kier molecular flexibility index (Phi) is 4.08. The van der Waals surface area contributed by atoms with E-state index in [1.807, 2.05) is 7.05 Å². The van der Waals surface area contributed by atoms with E-state index in [9.17, 15) is 4.79 Å². The van der Waals surface area contributed by atoms with Crippen LogP contribution >= 0.6 is 0 Å². The van der Waals surface area contributed by atoms with Gasteiger partial charge in [-0.3, -0.25) is 4.79 Å². The minimum atomic E-state index is 0.203. The molecule has 0 spiro atoms. The number of amides is 1. The van der Waals surface area contributed by atoms with Gasteiger partial charge in [0.15, 0.2) is 0 Å². The topological polar surface area (TPSA) is 32.3 Å². The van der Waals surface area contributed by atoms with Gasteiger partial charge in [0.1, 0.15) is 0 Å². The van der Waals surface area contributed by atoms with Gasteiger partial charge in [0, 0.05) is 19.6 Å². The maximum absolute atomic E-state index is 12.5. The Morgan fingerprint density at radius 3 is 2.41 bits per heavy atom. The average molecular weight is 238 g/mol. The summed E-state index contributed by atoms with van der Waals surface area (Å²) in [6.07, 6.45) is 5.09. The number of nitrogens with one attached hydrogen (secondary N) is 1. The zero-order valence-electron chi connectivity index (χ0n) is 11.4. The van der Waals surface area contributed by atoms with Crippen molar-refractivity contribution in [2.75, 3.05) is 20.1 Å². The second kappa shape index (κ2) is 5.38. The van der Waals surface area contributed by atoms with Crippen LogP contribution in [0.3, 0.4) is 0 Å². The van der Waals surface area contributed by atoms with Crippen LogP contribution in [0.15, 0.2) is 0 Å². The van der Waals surface area contributed by atoms with Crippen LogP contribution < -0.4 is 5.32 Å². The van der Waals surface area contributed by atoms with Crippen molar-refractivity contribution in [3.05, 3.63) is 0 Å². The molecule has 0 bridgehead atoms. The molecule has 0 aromatic rings. The molecule has 0 aromatic carbocycles. The fraction of sp³-hybridized carbons (Fsp3) is 0.929. The van der Waals surface area contributed by atoms with Gasteiger partial charge < -0.3 is 10.2 Å². The average Bonchev–Trinajstić information content (AvgIpc) is 2.74. The summed E-state index contributed by atoms with van der Waals surface area (Å²) in [4.78, 5) is 14.5. The smallest absolute Gasteiger partial charge is 0.227 e. The Balaban J connectivity index is 1.98. The van der Waals surface area contributed by atoms with Gasteiger partial charge in [0.05, 0.1) is 5.92 Å². The zero-order chi connectivity index (χ0) is 12.4. The predicted octanol–water partition coefficient (Wildman–Crippen LogP) is 1.88. The lowest BCUT2D eigenvalue weighted by Crippen LogP contribution is -2.46. The Bertz CT molecular complexity index is 279. The molecule has 98 valence electrons. The molecule has 1 amide bonds. The highest BCUT2D eigenvalue weighted by Crippen LogP contribution is 2.29. The Hall–Kier alpha value is -0.570. The number of carbonyl (C=O) groups is 1. The highest BCUT2D eigenvalue weighted by Gasteiger charge is 2.35.